The van der Waals surface area contributed by atoms with Crippen LogP contribution in [0.15, 0.2) is 47.7 Å². The molecule has 244 valence electrons. The number of carbonyl (C=O) groups is 1. The molecule has 1 amide bonds. The van der Waals surface area contributed by atoms with Crippen molar-refractivity contribution in [3.05, 3.63) is 69.9 Å². The smallest absolute Gasteiger partial charge is 0.423 e. The minimum atomic E-state index is -4.90. The molecule has 0 bridgehead atoms. The van der Waals surface area contributed by atoms with E-state index in [9.17, 15) is 22.8 Å². The van der Waals surface area contributed by atoms with Crippen LogP contribution in [0.3, 0.4) is 0 Å². The number of benzene rings is 1. The summed E-state index contributed by atoms with van der Waals surface area (Å²) in [7, 11) is 1.50. The third-order valence-corrected chi connectivity index (χ3v) is 7.47. The fourth-order valence-corrected chi connectivity index (χ4v) is 4.80. The predicted molar refractivity (Wildman–Crippen MR) is 164 cm³/mol. The number of amides is 1. The maximum Gasteiger partial charge on any atom is 0.423 e. The Bertz CT molecular complexity index is 1480. The fraction of sp³-hybridized carbons (Fsp3) is 0.516. The minimum Gasteiger partial charge on any atom is -0.497 e. The summed E-state index contributed by atoms with van der Waals surface area (Å²) >= 11 is 0. The normalized spacial score (nSPS) is 14.8. The summed E-state index contributed by atoms with van der Waals surface area (Å²) in [6.45, 7) is 10.2. The largest absolute Gasteiger partial charge is 0.497 e. The SMILES string of the molecule is COc1ccc(Cn2ncc(NC(C)COCCC(=O)N3CCN(c4ncc(C(C)(C)C)cn4)CC3)c(C(F)(F)F)c2=O)cc1. The highest BCUT2D eigenvalue weighted by atomic mass is 19.4. The number of carbonyl (C=O) groups excluding carboxylic acids is 1. The van der Waals surface area contributed by atoms with Gasteiger partial charge < -0.3 is 24.6 Å². The monoisotopic (exact) mass is 631 g/mol. The maximum absolute atomic E-state index is 13.9. The van der Waals surface area contributed by atoms with Crippen molar-refractivity contribution >= 4 is 17.5 Å². The first kappa shape index (κ1) is 33.7. The van der Waals surface area contributed by atoms with E-state index in [0.29, 0.717) is 43.4 Å². The van der Waals surface area contributed by atoms with Crippen LogP contribution in [0, 0.1) is 0 Å². The van der Waals surface area contributed by atoms with E-state index in [1.807, 2.05) is 17.3 Å². The van der Waals surface area contributed by atoms with Crippen molar-refractivity contribution in [2.24, 2.45) is 0 Å². The number of rotatable bonds is 11. The van der Waals surface area contributed by atoms with Gasteiger partial charge in [-0.15, -0.1) is 0 Å². The number of nitrogens with one attached hydrogen (secondary N) is 1. The topological polar surface area (TPSA) is 115 Å². The standard InChI is InChI=1S/C31H40F3N7O4/c1-21(38-25-18-37-41(28(43)27(25)31(32,33)34)19-22-6-8-24(44-5)9-7-22)20-45-15-10-26(42)39-11-13-40(14-12-39)29-35-16-23(17-36-29)30(2,3)4/h6-9,16-18,21,38H,10-15,19-20H2,1-5H3. The van der Waals surface area contributed by atoms with Gasteiger partial charge in [-0.05, 0) is 35.6 Å². The Kier molecular flexibility index (Phi) is 10.7. The molecule has 1 aliphatic rings. The number of anilines is 2. The molecular weight excluding hydrogens is 591 g/mol. The second-order valence-corrected chi connectivity index (χ2v) is 12.0. The zero-order valence-corrected chi connectivity index (χ0v) is 26.2. The number of methoxy groups -OCH3 is 1. The first-order valence-corrected chi connectivity index (χ1v) is 14.8. The van der Waals surface area contributed by atoms with Crippen LogP contribution in [0.1, 0.15) is 50.8 Å². The lowest BCUT2D eigenvalue weighted by atomic mass is 9.89. The van der Waals surface area contributed by atoms with E-state index < -0.39 is 29.0 Å². The summed E-state index contributed by atoms with van der Waals surface area (Å²) < 4.78 is 53.3. The molecule has 4 rings (SSSR count). The summed E-state index contributed by atoms with van der Waals surface area (Å²) in [5.74, 6) is 1.16. The average Bonchev–Trinajstić information content (AvgIpc) is 3.00. The number of hydrogen-bond donors (Lipinski definition) is 1. The van der Waals surface area contributed by atoms with Crippen LogP contribution in [0.4, 0.5) is 24.8 Å². The van der Waals surface area contributed by atoms with Gasteiger partial charge in [0, 0.05) is 44.6 Å². The Labute approximate surface area is 260 Å². The summed E-state index contributed by atoms with van der Waals surface area (Å²) in [6.07, 6.45) is -0.0863. The van der Waals surface area contributed by atoms with E-state index in [1.165, 1.54) is 7.11 Å². The molecule has 1 fully saturated rings. The number of aromatic nitrogens is 4. The molecule has 1 aliphatic heterocycles. The van der Waals surface area contributed by atoms with Gasteiger partial charge in [0.1, 0.15) is 11.3 Å². The summed E-state index contributed by atoms with van der Waals surface area (Å²) in [5.41, 5.74) is -1.40. The summed E-state index contributed by atoms with van der Waals surface area (Å²) in [5, 5.41) is 6.66. The Balaban J connectivity index is 1.24. The number of ether oxygens (including phenoxy) is 2. The molecule has 14 heteroatoms. The molecular formula is C31H40F3N7O4. The van der Waals surface area contributed by atoms with Gasteiger partial charge in [-0.1, -0.05) is 32.9 Å². The van der Waals surface area contributed by atoms with E-state index >= 15 is 0 Å². The highest BCUT2D eigenvalue weighted by molar-refractivity contribution is 5.76. The Morgan fingerprint density at radius 3 is 2.24 bits per heavy atom. The number of nitrogens with zero attached hydrogens (tertiary/aromatic N) is 6. The van der Waals surface area contributed by atoms with Crippen LogP contribution in [0.2, 0.25) is 0 Å². The number of alkyl halides is 3. The van der Waals surface area contributed by atoms with Crippen molar-refractivity contribution in [1.82, 2.24) is 24.6 Å². The van der Waals surface area contributed by atoms with Crippen molar-refractivity contribution < 1.29 is 27.4 Å². The van der Waals surface area contributed by atoms with E-state index in [1.54, 1.807) is 36.1 Å². The zero-order chi connectivity index (χ0) is 32.8. The molecule has 1 N–H and O–H groups in total. The molecule has 3 heterocycles. The molecule has 1 unspecified atom stereocenters. The van der Waals surface area contributed by atoms with Gasteiger partial charge in [-0.2, -0.15) is 18.3 Å². The number of hydrogen-bond acceptors (Lipinski definition) is 9. The second-order valence-electron chi connectivity index (χ2n) is 12.0. The van der Waals surface area contributed by atoms with E-state index in [0.717, 1.165) is 16.4 Å². The van der Waals surface area contributed by atoms with Crippen molar-refractivity contribution in [1.29, 1.82) is 0 Å². The Morgan fingerprint density at radius 1 is 1.02 bits per heavy atom. The van der Waals surface area contributed by atoms with Crippen LogP contribution in [0.25, 0.3) is 0 Å². The average molecular weight is 632 g/mol. The van der Waals surface area contributed by atoms with Crippen LogP contribution in [-0.4, -0.2) is 83.1 Å². The molecule has 1 atom stereocenters. The quantitative estimate of drug-likeness (QED) is 0.314. The van der Waals surface area contributed by atoms with Gasteiger partial charge in [0.15, 0.2) is 0 Å². The van der Waals surface area contributed by atoms with Gasteiger partial charge in [0.05, 0.1) is 45.2 Å². The van der Waals surface area contributed by atoms with Gasteiger partial charge in [-0.3, -0.25) is 9.59 Å². The van der Waals surface area contributed by atoms with Crippen LogP contribution in [-0.2, 0) is 27.7 Å². The van der Waals surface area contributed by atoms with E-state index in [-0.39, 0.29) is 37.5 Å². The predicted octanol–water partition coefficient (Wildman–Crippen LogP) is 3.96. The summed E-state index contributed by atoms with van der Waals surface area (Å²) in [4.78, 5) is 38.3. The lowest BCUT2D eigenvalue weighted by Gasteiger charge is -2.35. The van der Waals surface area contributed by atoms with E-state index in [2.05, 4.69) is 41.2 Å². The Morgan fingerprint density at radius 2 is 1.67 bits per heavy atom. The second kappa shape index (κ2) is 14.3. The molecule has 0 saturated carbocycles. The molecule has 45 heavy (non-hydrogen) atoms. The van der Waals surface area contributed by atoms with Crippen LogP contribution < -0.4 is 20.5 Å². The number of halogens is 3. The van der Waals surface area contributed by atoms with Crippen molar-refractivity contribution in [3.63, 3.8) is 0 Å². The fourth-order valence-electron chi connectivity index (χ4n) is 4.80. The first-order valence-electron chi connectivity index (χ1n) is 14.8. The van der Waals surface area contributed by atoms with Gasteiger partial charge in [0.2, 0.25) is 11.9 Å². The first-order chi connectivity index (χ1) is 21.3. The van der Waals surface area contributed by atoms with E-state index in [4.69, 9.17) is 9.47 Å². The summed E-state index contributed by atoms with van der Waals surface area (Å²) in [6, 6.07) is 6.02. The molecule has 0 aliphatic carbocycles. The van der Waals surface area contributed by atoms with Crippen molar-refractivity contribution in [2.45, 2.75) is 58.3 Å². The molecule has 1 aromatic carbocycles. The zero-order valence-electron chi connectivity index (χ0n) is 26.2. The minimum absolute atomic E-state index is 0.0230. The molecule has 0 spiro atoms. The molecule has 2 aromatic heterocycles. The lowest BCUT2D eigenvalue weighted by Crippen LogP contribution is -2.49. The van der Waals surface area contributed by atoms with Crippen LogP contribution in [0.5, 0.6) is 5.75 Å². The lowest BCUT2D eigenvalue weighted by molar-refractivity contribution is -0.138. The van der Waals surface area contributed by atoms with Crippen molar-refractivity contribution in [3.8, 4) is 5.75 Å². The molecule has 1 saturated heterocycles. The highest BCUT2D eigenvalue weighted by Crippen LogP contribution is 2.32. The van der Waals surface area contributed by atoms with Gasteiger partial charge >= 0.3 is 6.18 Å². The third-order valence-electron chi connectivity index (χ3n) is 7.47. The van der Waals surface area contributed by atoms with Gasteiger partial charge in [-0.25, -0.2) is 14.6 Å². The Hall–Kier alpha value is -4.20. The molecule has 11 nitrogen and oxygen atoms in total. The van der Waals surface area contributed by atoms with Gasteiger partial charge in [0.25, 0.3) is 5.56 Å². The number of piperazine rings is 1. The molecule has 3 aromatic rings. The maximum atomic E-state index is 13.9. The highest BCUT2D eigenvalue weighted by Gasteiger charge is 2.38. The molecule has 0 radical (unpaired) electrons. The third kappa shape index (κ3) is 8.93. The van der Waals surface area contributed by atoms with Crippen LogP contribution >= 0.6 is 0 Å². The van der Waals surface area contributed by atoms with Crippen molar-refractivity contribution in [2.75, 3.05) is 56.7 Å².